The van der Waals surface area contributed by atoms with Crippen molar-refractivity contribution in [3.05, 3.63) is 59.2 Å². The molecule has 0 amide bonds. The molecule has 1 heterocycles. The third kappa shape index (κ3) is 3.52. The number of anilines is 1. The van der Waals surface area contributed by atoms with Gasteiger partial charge in [0, 0.05) is 18.4 Å². The Morgan fingerprint density at radius 1 is 1.32 bits per heavy atom. The summed E-state index contributed by atoms with van der Waals surface area (Å²) in [6.45, 7) is 2.62. The Labute approximate surface area is 111 Å². The molecule has 0 aliphatic rings. The van der Waals surface area contributed by atoms with Crippen LogP contribution in [0, 0.1) is 24.1 Å². The fraction of sp³-hybridized carbons (Fsp3) is 0.200. The first kappa shape index (κ1) is 13.0. The van der Waals surface area contributed by atoms with Gasteiger partial charge in [-0.15, -0.1) is 0 Å². The van der Waals surface area contributed by atoms with E-state index in [1.165, 1.54) is 12.1 Å². The summed E-state index contributed by atoms with van der Waals surface area (Å²) in [4.78, 5) is 4.22. The van der Waals surface area contributed by atoms with Crippen molar-refractivity contribution < 1.29 is 4.39 Å². The largest absolute Gasteiger partial charge is 0.384 e. The lowest BCUT2D eigenvalue weighted by Crippen LogP contribution is -2.06. The van der Waals surface area contributed by atoms with Gasteiger partial charge in [0.1, 0.15) is 11.9 Å². The van der Waals surface area contributed by atoms with Crippen molar-refractivity contribution in [1.82, 2.24) is 4.98 Å². The number of pyridine rings is 1. The van der Waals surface area contributed by atoms with E-state index in [2.05, 4.69) is 10.3 Å². The van der Waals surface area contributed by atoms with Gasteiger partial charge in [0.05, 0.1) is 11.3 Å². The molecule has 0 fully saturated rings. The number of benzene rings is 1. The van der Waals surface area contributed by atoms with Crippen molar-refractivity contribution in [3.8, 4) is 6.07 Å². The summed E-state index contributed by atoms with van der Waals surface area (Å²) in [6.07, 6.45) is 2.64. The summed E-state index contributed by atoms with van der Waals surface area (Å²) in [5, 5.41) is 12.1. The minimum Gasteiger partial charge on any atom is -0.384 e. The van der Waals surface area contributed by atoms with Crippen molar-refractivity contribution in [2.45, 2.75) is 13.3 Å². The molecule has 0 saturated carbocycles. The second-order valence-electron chi connectivity index (χ2n) is 4.29. The highest BCUT2D eigenvalue weighted by atomic mass is 19.1. The molecular formula is C15H14FN3. The monoisotopic (exact) mass is 255 g/mol. The number of rotatable bonds is 4. The molecule has 0 aliphatic heterocycles. The molecule has 1 N–H and O–H groups in total. The van der Waals surface area contributed by atoms with Gasteiger partial charge < -0.3 is 5.32 Å². The van der Waals surface area contributed by atoms with Crippen LogP contribution < -0.4 is 5.32 Å². The number of hydrogen-bond acceptors (Lipinski definition) is 3. The van der Waals surface area contributed by atoms with E-state index in [9.17, 15) is 4.39 Å². The molecule has 1 aromatic carbocycles. The van der Waals surface area contributed by atoms with Gasteiger partial charge in [0.2, 0.25) is 0 Å². The molecule has 0 unspecified atom stereocenters. The van der Waals surface area contributed by atoms with Crippen molar-refractivity contribution >= 4 is 5.69 Å². The molecule has 96 valence electrons. The first-order valence-corrected chi connectivity index (χ1v) is 6.04. The van der Waals surface area contributed by atoms with E-state index in [0.29, 0.717) is 17.8 Å². The van der Waals surface area contributed by atoms with Crippen LogP contribution in [-0.2, 0) is 6.42 Å². The number of hydrogen-bond donors (Lipinski definition) is 1. The highest BCUT2D eigenvalue weighted by molar-refractivity contribution is 5.57. The van der Waals surface area contributed by atoms with Crippen LogP contribution in [0.3, 0.4) is 0 Å². The normalized spacial score (nSPS) is 9.95. The molecule has 2 aromatic rings. The second-order valence-corrected chi connectivity index (χ2v) is 4.29. The van der Waals surface area contributed by atoms with Crippen LogP contribution in [0.25, 0.3) is 0 Å². The van der Waals surface area contributed by atoms with Crippen molar-refractivity contribution in [2.24, 2.45) is 0 Å². The SMILES string of the molecule is Cc1ccc(CCNc2ccc(F)cc2C#N)cn1. The average molecular weight is 255 g/mol. The Morgan fingerprint density at radius 2 is 2.16 bits per heavy atom. The summed E-state index contributed by atoms with van der Waals surface area (Å²) >= 11 is 0. The Balaban J connectivity index is 1.96. The number of nitrogens with one attached hydrogen (secondary N) is 1. The minimum atomic E-state index is -0.398. The van der Waals surface area contributed by atoms with E-state index < -0.39 is 5.82 Å². The average Bonchev–Trinajstić information content (AvgIpc) is 2.42. The standard InChI is InChI=1S/C15H14FN3/c1-11-2-3-12(10-19-11)6-7-18-15-5-4-14(16)8-13(15)9-17/h2-5,8,10,18H,6-7H2,1H3. The number of aryl methyl sites for hydroxylation is 1. The number of nitrogens with zero attached hydrogens (tertiary/aromatic N) is 2. The molecule has 0 saturated heterocycles. The molecule has 19 heavy (non-hydrogen) atoms. The van der Waals surface area contributed by atoms with Crippen LogP contribution in [-0.4, -0.2) is 11.5 Å². The first-order valence-electron chi connectivity index (χ1n) is 6.04. The zero-order chi connectivity index (χ0) is 13.7. The molecule has 0 bridgehead atoms. The lowest BCUT2D eigenvalue weighted by molar-refractivity contribution is 0.627. The maximum atomic E-state index is 13.0. The third-order valence-corrected chi connectivity index (χ3v) is 2.80. The fourth-order valence-electron chi connectivity index (χ4n) is 1.75. The predicted molar refractivity (Wildman–Crippen MR) is 72.3 cm³/mol. The lowest BCUT2D eigenvalue weighted by atomic mass is 10.1. The van der Waals surface area contributed by atoms with Gasteiger partial charge in [-0.05, 0) is 43.2 Å². The minimum absolute atomic E-state index is 0.321. The summed E-state index contributed by atoms with van der Waals surface area (Å²) in [6, 6.07) is 10.1. The molecular weight excluding hydrogens is 241 g/mol. The van der Waals surface area contributed by atoms with Gasteiger partial charge in [-0.3, -0.25) is 4.98 Å². The molecule has 1 aromatic heterocycles. The second kappa shape index (κ2) is 5.96. The van der Waals surface area contributed by atoms with Gasteiger partial charge in [-0.1, -0.05) is 6.07 Å². The molecule has 0 radical (unpaired) electrons. The summed E-state index contributed by atoms with van der Waals surface area (Å²) in [5.41, 5.74) is 3.09. The van der Waals surface area contributed by atoms with Crippen LogP contribution in [0.4, 0.5) is 10.1 Å². The molecule has 4 heteroatoms. The number of aromatic nitrogens is 1. The Morgan fingerprint density at radius 3 is 2.84 bits per heavy atom. The lowest BCUT2D eigenvalue weighted by Gasteiger charge is -2.08. The maximum Gasteiger partial charge on any atom is 0.124 e. The molecule has 2 rings (SSSR count). The van der Waals surface area contributed by atoms with Gasteiger partial charge in [0.25, 0.3) is 0 Å². The van der Waals surface area contributed by atoms with E-state index in [-0.39, 0.29) is 0 Å². The molecule has 3 nitrogen and oxygen atoms in total. The maximum absolute atomic E-state index is 13.0. The Hall–Kier alpha value is -2.41. The van der Waals surface area contributed by atoms with E-state index in [0.717, 1.165) is 17.7 Å². The zero-order valence-electron chi connectivity index (χ0n) is 10.7. The predicted octanol–water partition coefficient (Wildman–Crippen LogP) is 3.06. The Bertz CT molecular complexity index is 600. The first-order chi connectivity index (χ1) is 9.19. The highest BCUT2D eigenvalue weighted by Gasteiger charge is 2.03. The fourth-order valence-corrected chi connectivity index (χ4v) is 1.75. The smallest absolute Gasteiger partial charge is 0.124 e. The number of nitriles is 1. The zero-order valence-corrected chi connectivity index (χ0v) is 10.7. The summed E-state index contributed by atoms with van der Waals surface area (Å²) in [5.74, 6) is -0.398. The van der Waals surface area contributed by atoms with Gasteiger partial charge >= 0.3 is 0 Å². The molecule has 0 aliphatic carbocycles. The van der Waals surface area contributed by atoms with E-state index >= 15 is 0 Å². The number of halogens is 1. The van der Waals surface area contributed by atoms with Crippen LogP contribution in [0.5, 0.6) is 0 Å². The highest BCUT2D eigenvalue weighted by Crippen LogP contribution is 2.15. The van der Waals surface area contributed by atoms with E-state index in [4.69, 9.17) is 5.26 Å². The molecule has 0 atom stereocenters. The van der Waals surface area contributed by atoms with Crippen LogP contribution >= 0.6 is 0 Å². The van der Waals surface area contributed by atoms with Crippen molar-refractivity contribution in [3.63, 3.8) is 0 Å². The topological polar surface area (TPSA) is 48.7 Å². The van der Waals surface area contributed by atoms with E-state index in [1.54, 1.807) is 6.07 Å². The quantitative estimate of drug-likeness (QED) is 0.913. The Kier molecular flexibility index (Phi) is 4.09. The van der Waals surface area contributed by atoms with Crippen molar-refractivity contribution in [2.75, 3.05) is 11.9 Å². The van der Waals surface area contributed by atoms with Crippen LogP contribution in [0.1, 0.15) is 16.8 Å². The molecule has 0 spiro atoms. The summed E-state index contributed by atoms with van der Waals surface area (Å²) < 4.78 is 13.0. The van der Waals surface area contributed by atoms with Crippen molar-refractivity contribution in [1.29, 1.82) is 5.26 Å². The van der Waals surface area contributed by atoms with Crippen LogP contribution in [0.15, 0.2) is 36.5 Å². The van der Waals surface area contributed by atoms with Gasteiger partial charge in [-0.25, -0.2) is 4.39 Å². The summed E-state index contributed by atoms with van der Waals surface area (Å²) in [7, 11) is 0. The van der Waals surface area contributed by atoms with E-state index in [1.807, 2.05) is 31.3 Å². The van der Waals surface area contributed by atoms with Gasteiger partial charge in [0.15, 0.2) is 0 Å². The van der Waals surface area contributed by atoms with Crippen LogP contribution in [0.2, 0.25) is 0 Å². The van der Waals surface area contributed by atoms with Gasteiger partial charge in [-0.2, -0.15) is 5.26 Å². The third-order valence-electron chi connectivity index (χ3n) is 2.80.